The molecule has 0 aliphatic carbocycles. The summed E-state index contributed by atoms with van der Waals surface area (Å²) < 4.78 is 26.0. The van der Waals surface area contributed by atoms with Gasteiger partial charge in [0.05, 0.1) is 25.0 Å². The van der Waals surface area contributed by atoms with Crippen LogP contribution in [0.25, 0.3) is 16.1 Å². The van der Waals surface area contributed by atoms with Crippen molar-refractivity contribution >= 4 is 17.5 Å². The van der Waals surface area contributed by atoms with Gasteiger partial charge in [-0.25, -0.2) is 13.5 Å². The molecule has 0 saturated heterocycles. The molecule has 0 radical (unpaired) electrons. The quantitative estimate of drug-likeness (QED) is 0.0809. The Kier molecular flexibility index (Phi) is 14.2. The van der Waals surface area contributed by atoms with Crippen LogP contribution in [-0.4, -0.2) is 33.4 Å². The van der Waals surface area contributed by atoms with E-state index in [9.17, 15) is 18.4 Å². The Bertz CT molecular complexity index is 1750. The molecule has 12 heteroatoms. The van der Waals surface area contributed by atoms with Crippen LogP contribution in [0, 0.1) is 12.3 Å². The second-order valence-electron chi connectivity index (χ2n) is 9.25. The number of amides is 2. The number of alkyl halides is 2. The van der Waals surface area contributed by atoms with E-state index < -0.39 is 13.3 Å². The summed E-state index contributed by atoms with van der Waals surface area (Å²) in [6.07, 6.45) is 6.72. The molecule has 232 valence electrons. The Labute approximate surface area is 264 Å². The van der Waals surface area contributed by atoms with E-state index >= 15 is 0 Å². The van der Waals surface area contributed by atoms with Crippen molar-refractivity contribution in [3.05, 3.63) is 154 Å². The maximum Gasteiger partial charge on any atom is 0.252 e. The van der Waals surface area contributed by atoms with Crippen LogP contribution in [0.3, 0.4) is 0 Å². The highest BCUT2D eigenvalue weighted by Gasteiger charge is 2.07. The number of carbonyl (C=O) groups is 2. The number of hydrogen-bond donors (Lipinski definition) is 2. The summed E-state index contributed by atoms with van der Waals surface area (Å²) in [4.78, 5) is 25.8. The number of hydrogen-bond acceptors (Lipinski definition) is 5. The molecule has 0 saturated carbocycles. The summed E-state index contributed by atoms with van der Waals surface area (Å²) in [7, 11) is 0. The van der Waals surface area contributed by atoms with E-state index in [2.05, 4.69) is 36.9 Å². The monoisotopic (exact) mass is 620 g/mol. The molecular weight excluding hydrogens is 590 g/mol. The third-order valence-corrected chi connectivity index (χ3v) is 6.00. The molecule has 0 aliphatic rings. The highest BCUT2D eigenvalue weighted by atomic mass is 19.1. The average Bonchev–Trinajstić information content (AvgIpc) is 3.60. The normalized spacial score (nSPS) is 9.59. The number of rotatable bonds is 9. The molecule has 1 heterocycles. The first-order chi connectivity index (χ1) is 22.5. The number of halogens is 2. The highest BCUT2D eigenvalue weighted by Crippen LogP contribution is 2.13. The summed E-state index contributed by atoms with van der Waals surface area (Å²) in [5.74, 6) is 2.05. The molecule has 0 unspecified atom stereocenters. The van der Waals surface area contributed by atoms with Crippen molar-refractivity contribution in [2.75, 3.05) is 6.54 Å². The van der Waals surface area contributed by atoms with Gasteiger partial charge in [0.25, 0.3) is 11.8 Å². The lowest BCUT2D eigenvalue weighted by molar-refractivity contribution is 0.0945. The fourth-order valence-electron chi connectivity index (χ4n) is 3.63. The molecule has 2 N–H and O–H groups in total. The van der Waals surface area contributed by atoms with Gasteiger partial charge >= 0.3 is 0 Å². The molecule has 1 aromatic heterocycles. The number of nitrogens with one attached hydrogen (secondary N) is 2. The number of carbonyl (C=O) groups excluding carboxylic acids is 2. The van der Waals surface area contributed by atoms with E-state index in [0.29, 0.717) is 33.6 Å². The minimum absolute atomic E-state index is 0.131. The Balaban J connectivity index is 0.000000211. The highest BCUT2D eigenvalue weighted by molar-refractivity contribution is 5.94. The maximum absolute atomic E-state index is 12.5. The lowest BCUT2D eigenvalue weighted by atomic mass is 10.2. The van der Waals surface area contributed by atoms with Gasteiger partial charge in [-0.3, -0.25) is 9.59 Å². The van der Waals surface area contributed by atoms with Gasteiger partial charge in [0, 0.05) is 21.7 Å². The minimum Gasteiger partial charge on any atom is -0.346 e. The number of benzene rings is 4. The van der Waals surface area contributed by atoms with Crippen LogP contribution in [0.5, 0.6) is 0 Å². The number of terminal acetylenes is 1. The summed E-state index contributed by atoms with van der Waals surface area (Å²) in [5.41, 5.74) is 12.4. The van der Waals surface area contributed by atoms with Crippen molar-refractivity contribution in [1.82, 2.24) is 25.6 Å². The molecule has 4 aromatic carbocycles. The topological polar surface area (TPSA) is 138 Å². The summed E-state index contributed by atoms with van der Waals surface area (Å²) in [5, 5.41) is 16.7. The van der Waals surface area contributed by atoms with E-state index in [1.165, 1.54) is 0 Å². The maximum atomic E-state index is 12.5. The van der Waals surface area contributed by atoms with Gasteiger partial charge in [0.1, 0.15) is 19.0 Å². The third kappa shape index (κ3) is 11.4. The first kappa shape index (κ1) is 34.2. The zero-order valence-corrected chi connectivity index (χ0v) is 24.6. The molecule has 2 amide bonds. The molecule has 5 rings (SSSR count). The summed E-state index contributed by atoms with van der Waals surface area (Å²) >= 11 is 0. The van der Waals surface area contributed by atoms with Crippen LogP contribution < -0.4 is 10.6 Å². The Morgan fingerprint density at radius 1 is 0.804 bits per heavy atom. The van der Waals surface area contributed by atoms with E-state index in [1.807, 2.05) is 36.4 Å². The zero-order valence-electron chi connectivity index (χ0n) is 24.6. The molecular formula is C34H30F2N8O2. The van der Waals surface area contributed by atoms with Gasteiger partial charge in [-0.2, -0.15) is 0 Å². The van der Waals surface area contributed by atoms with Crippen molar-refractivity contribution in [2.24, 2.45) is 5.11 Å². The van der Waals surface area contributed by atoms with Gasteiger partial charge < -0.3 is 10.6 Å². The van der Waals surface area contributed by atoms with Crippen LogP contribution >= 0.6 is 0 Å². The van der Waals surface area contributed by atoms with Crippen LogP contribution in [0.4, 0.5) is 14.5 Å². The Hall–Kier alpha value is -6.31. The van der Waals surface area contributed by atoms with Gasteiger partial charge in [-0.15, -0.1) is 11.5 Å². The number of azide groups is 1. The first-order valence-corrected chi connectivity index (χ1v) is 13.8. The van der Waals surface area contributed by atoms with E-state index in [-0.39, 0.29) is 24.9 Å². The van der Waals surface area contributed by atoms with Crippen molar-refractivity contribution in [3.8, 4) is 18.0 Å². The van der Waals surface area contributed by atoms with E-state index in [1.54, 1.807) is 83.7 Å². The molecule has 0 bridgehead atoms. The third-order valence-electron chi connectivity index (χ3n) is 6.00. The van der Waals surface area contributed by atoms with Gasteiger partial charge in [-0.1, -0.05) is 89.0 Å². The fourth-order valence-corrected chi connectivity index (χ4v) is 3.63. The molecule has 0 atom stereocenters. The SMILES string of the molecule is C#CCNC(=O)c1ccccc1.O=C(NCc1cn(-c2ccc(CF)cc2)nn1)c1ccccc1.[N-]=[N+]=Nc1ccc(CF)cc1. The van der Waals surface area contributed by atoms with Crippen molar-refractivity contribution < 1.29 is 18.4 Å². The Morgan fingerprint density at radius 3 is 1.83 bits per heavy atom. The smallest absolute Gasteiger partial charge is 0.252 e. The van der Waals surface area contributed by atoms with E-state index in [4.69, 9.17) is 12.0 Å². The molecule has 0 aliphatic heterocycles. The zero-order chi connectivity index (χ0) is 33.0. The molecule has 46 heavy (non-hydrogen) atoms. The van der Waals surface area contributed by atoms with Gasteiger partial charge in [0.2, 0.25) is 0 Å². The van der Waals surface area contributed by atoms with Crippen LogP contribution in [-0.2, 0) is 19.9 Å². The largest absolute Gasteiger partial charge is 0.346 e. The first-order valence-electron chi connectivity index (χ1n) is 13.8. The second kappa shape index (κ2) is 19.1. The number of nitrogens with zero attached hydrogens (tertiary/aromatic N) is 6. The predicted octanol–water partition coefficient (Wildman–Crippen LogP) is 6.81. The summed E-state index contributed by atoms with van der Waals surface area (Å²) in [6, 6.07) is 31.2. The average molecular weight is 621 g/mol. The molecule has 0 fully saturated rings. The van der Waals surface area contributed by atoms with Crippen LogP contribution in [0.1, 0.15) is 37.5 Å². The van der Waals surface area contributed by atoms with Crippen LogP contribution in [0.2, 0.25) is 0 Å². The van der Waals surface area contributed by atoms with Gasteiger partial charge in [0.15, 0.2) is 0 Å². The lowest BCUT2D eigenvalue weighted by Crippen LogP contribution is -2.23. The Morgan fingerprint density at radius 2 is 1.33 bits per heavy atom. The van der Waals surface area contributed by atoms with E-state index in [0.717, 1.165) is 5.69 Å². The fraction of sp³-hybridized carbons (Fsp3) is 0.118. The molecule has 0 spiro atoms. The standard InChI is InChI=1S/C17H15FN4O.C10H9NO.C7H6FN3/c18-10-13-6-8-16(9-7-13)22-12-15(20-21-22)11-19-17(23)14-4-2-1-3-5-14;1-2-8-11-10(12)9-6-4-3-5-7-9;8-5-6-1-3-7(4-2-6)10-11-9/h1-9,12H,10-11H2,(H,19,23);1,3-7H,8H2,(H,11,12);1-4H,5H2. The second-order valence-corrected chi connectivity index (χ2v) is 9.25. The minimum atomic E-state index is -0.492. The van der Waals surface area contributed by atoms with Gasteiger partial charge in [-0.05, 0) is 53.1 Å². The molecule has 10 nitrogen and oxygen atoms in total. The van der Waals surface area contributed by atoms with Crippen molar-refractivity contribution in [1.29, 1.82) is 0 Å². The lowest BCUT2D eigenvalue weighted by Gasteiger charge is -2.02. The van der Waals surface area contributed by atoms with Crippen molar-refractivity contribution in [3.63, 3.8) is 0 Å². The summed E-state index contributed by atoms with van der Waals surface area (Å²) in [6.45, 7) is -0.422. The van der Waals surface area contributed by atoms with Crippen LogP contribution in [0.15, 0.2) is 121 Å². The molecule has 5 aromatic rings. The number of aromatic nitrogens is 3. The van der Waals surface area contributed by atoms with Crippen molar-refractivity contribution in [2.45, 2.75) is 19.9 Å². The predicted molar refractivity (Wildman–Crippen MR) is 171 cm³/mol.